The molecule has 1 heteroatoms. The van der Waals surface area contributed by atoms with Crippen LogP contribution in [0, 0.1) is 5.92 Å². The molecule has 0 saturated carbocycles. The van der Waals surface area contributed by atoms with Crippen LogP contribution in [0.5, 0.6) is 0 Å². The fourth-order valence-electron chi connectivity index (χ4n) is 1.93. The lowest BCUT2D eigenvalue weighted by Crippen LogP contribution is -1.98. The van der Waals surface area contributed by atoms with Crippen LogP contribution in [-0.4, -0.2) is 6.54 Å². The molecular weight excluding hydrogens is 182 g/mol. The second-order valence-electron chi connectivity index (χ2n) is 4.29. The molecule has 0 aliphatic rings. The highest BCUT2D eigenvalue weighted by Gasteiger charge is 2.04. The van der Waals surface area contributed by atoms with E-state index in [1.165, 1.54) is 18.4 Å². The van der Waals surface area contributed by atoms with E-state index in [4.69, 9.17) is 5.73 Å². The number of rotatable bonds is 7. The lowest BCUT2D eigenvalue weighted by Gasteiger charge is -2.12. The first-order valence-electron chi connectivity index (χ1n) is 6.18. The van der Waals surface area contributed by atoms with E-state index < -0.39 is 0 Å². The lowest BCUT2D eigenvalue weighted by molar-refractivity contribution is 0.569. The molecule has 88 valence electrons. The van der Waals surface area contributed by atoms with Crippen molar-refractivity contribution in [3.05, 3.63) is 23.3 Å². The fraction of sp³-hybridized carbons (Fsp3) is 0.714. The third-order valence-electron chi connectivity index (χ3n) is 3.10. The van der Waals surface area contributed by atoms with E-state index in [0.717, 1.165) is 18.8 Å². The molecule has 2 N–H and O–H groups in total. The van der Waals surface area contributed by atoms with Gasteiger partial charge in [-0.25, -0.2) is 0 Å². The molecule has 0 heterocycles. The Hall–Kier alpha value is -0.560. The normalized spacial score (nSPS) is 13.7. The summed E-state index contributed by atoms with van der Waals surface area (Å²) in [6.45, 7) is 9.63. The van der Waals surface area contributed by atoms with Gasteiger partial charge in [0, 0.05) is 6.54 Å². The van der Waals surface area contributed by atoms with Crippen LogP contribution in [0.3, 0.4) is 0 Å². The molecule has 1 nitrogen and oxygen atoms in total. The third kappa shape index (κ3) is 6.51. The standard InChI is InChI=1S/C14H27N/c1-5-14(6-2)13(4)9-7-8-12(3)10-11-15/h9-10,14H,5-8,11,15H2,1-4H3/b12-10+,13-9+. The smallest absolute Gasteiger partial charge is 0.0109 e. The maximum absolute atomic E-state index is 5.46. The molecule has 0 spiro atoms. The number of allylic oxidation sites excluding steroid dienone is 3. The minimum atomic E-state index is 0.668. The molecule has 0 atom stereocenters. The Morgan fingerprint density at radius 2 is 1.73 bits per heavy atom. The fourth-order valence-corrected chi connectivity index (χ4v) is 1.93. The van der Waals surface area contributed by atoms with Gasteiger partial charge in [-0.2, -0.15) is 0 Å². The molecule has 15 heavy (non-hydrogen) atoms. The summed E-state index contributed by atoms with van der Waals surface area (Å²) in [4.78, 5) is 0. The van der Waals surface area contributed by atoms with Gasteiger partial charge in [-0.05, 0) is 45.4 Å². The zero-order chi connectivity index (χ0) is 11.7. The molecule has 0 aromatic carbocycles. The summed E-state index contributed by atoms with van der Waals surface area (Å²) in [5, 5.41) is 0. The highest BCUT2D eigenvalue weighted by molar-refractivity contribution is 5.06. The zero-order valence-electron chi connectivity index (χ0n) is 10.8. The predicted molar refractivity (Wildman–Crippen MR) is 69.9 cm³/mol. The predicted octanol–water partition coefficient (Wildman–Crippen LogP) is 4.05. The van der Waals surface area contributed by atoms with Crippen molar-refractivity contribution < 1.29 is 0 Å². The zero-order valence-corrected chi connectivity index (χ0v) is 10.8. The van der Waals surface area contributed by atoms with Crippen LogP contribution in [0.25, 0.3) is 0 Å². The summed E-state index contributed by atoms with van der Waals surface area (Å²) in [6, 6.07) is 0. The van der Waals surface area contributed by atoms with E-state index in [1.807, 2.05) is 0 Å². The Morgan fingerprint density at radius 1 is 1.13 bits per heavy atom. The van der Waals surface area contributed by atoms with Crippen molar-refractivity contribution >= 4 is 0 Å². The van der Waals surface area contributed by atoms with E-state index in [9.17, 15) is 0 Å². The highest BCUT2D eigenvalue weighted by Crippen LogP contribution is 2.19. The number of hydrogen-bond donors (Lipinski definition) is 1. The first kappa shape index (κ1) is 14.4. The monoisotopic (exact) mass is 209 g/mol. The molecule has 0 rings (SSSR count). The SMILES string of the molecule is CCC(CC)/C(C)=C/CC/C(C)=C/CN. The molecule has 0 fully saturated rings. The van der Waals surface area contributed by atoms with Gasteiger partial charge in [0.25, 0.3) is 0 Å². The Morgan fingerprint density at radius 3 is 2.20 bits per heavy atom. The maximum atomic E-state index is 5.46. The molecule has 0 aliphatic heterocycles. The van der Waals surface area contributed by atoms with Crippen molar-refractivity contribution in [3.63, 3.8) is 0 Å². The molecule has 0 amide bonds. The number of hydrogen-bond acceptors (Lipinski definition) is 1. The van der Waals surface area contributed by atoms with Gasteiger partial charge < -0.3 is 5.73 Å². The second-order valence-corrected chi connectivity index (χ2v) is 4.29. The highest BCUT2D eigenvalue weighted by atomic mass is 14.5. The second kappa shape index (κ2) is 8.72. The van der Waals surface area contributed by atoms with E-state index in [2.05, 4.69) is 39.8 Å². The van der Waals surface area contributed by atoms with Crippen molar-refractivity contribution in [1.29, 1.82) is 0 Å². The summed E-state index contributed by atoms with van der Waals surface area (Å²) in [5.74, 6) is 0.781. The minimum absolute atomic E-state index is 0.668. The summed E-state index contributed by atoms with van der Waals surface area (Å²) >= 11 is 0. The van der Waals surface area contributed by atoms with Crippen LogP contribution >= 0.6 is 0 Å². The topological polar surface area (TPSA) is 26.0 Å². The molecule has 0 saturated heterocycles. The van der Waals surface area contributed by atoms with Crippen LogP contribution in [0.4, 0.5) is 0 Å². The molecule has 0 radical (unpaired) electrons. The van der Waals surface area contributed by atoms with Crippen LogP contribution in [0.15, 0.2) is 23.3 Å². The summed E-state index contributed by atoms with van der Waals surface area (Å²) in [6.07, 6.45) is 9.33. The van der Waals surface area contributed by atoms with E-state index in [0.29, 0.717) is 6.54 Å². The van der Waals surface area contributed by atoms with Crippen LogP contribution < -0.4 is 5.73 Å². The quantitative estimate of drug-likeness (QED) is 0.629. The largest absolute Gasteiger partial charge is 0.327 e. The Bertz CT molecular complexity index is 209. The molecular formula is C14H27N. The maximum Gasteiger partial charge on any atom is 0.0109 e. The van der Waals surface area contributed by atoms with Gasteiger partial charge >= 0.3 is 0 Å². The molecule has 0 unspecified atom stereocenters. The van der Waals surface area contributed by atoms with Gasteiger partial charge in [0.15, 0.2) is 0 Å². The van der Waals surface area contributed by atoms with Gasteiger partial charge in [0.1, 0.15) is 0 Å². The summed E-state index contributed by atoms with van der Waals surface area (Å²) < 4.78 is 0. The summed E-state index contributed by atoms with van der Waals surface area (Å²) in [7, 11) is 0. The van der Waals surface area contributed by atoms with Crippen molar-refractivity contribution in [2.45, 2.75) is 53.4 Å². The average molecular weight is 209 g/mol. The van der Waals surface area contributed by atoms with Gasteiger partial charge in [0.05, 0.1) is 0 Å². The Kier molecular flexibility index (Phi) is 8.40. The first-order valence-corrected chi connectivity index (χ1v) is 6.18. The van der Waals surface area contributed by atoms with E-state index in [1.54, 1.807) is 5.57 Å². The Balaban J connectivity index is 4.00. The molecule has 0 aromatic heterocycles. The third-order valence-corrected chi connectivity index (χ3v) is 3.10. The van der Waals surface area contributed by atoms with Crippen molar-refractivity contribution in [1.82, 2.24) is 0 Å². The van der Waals surface area contributed by atoms with Gasteiger partial charge in [-0.3, -0.25) is 0 Å². The van der Waals surface area contributed by atoms with Crippen molar-refractivity contribution in [3.8, 4) is 0 Å². The lowest BCUT2D eigenvalue weighted by atomic mass is 9.93. The first-order chi connectivity index (χ1) is 7.15. The van der Waals surface area contributed by atoms with Crippen LogP contribution in [0.2, 0.25) is 0 Å². The van der Waals surface area contributed by atoms with Crippen LogP contribution in [-0.2, 0) is 0 Å². The van der Waals surface area contributed by atoms with E-state index >= 15 is 0 Å². The molecule has 0 bridgehead atoms. The van der Waals surface area contributed by atoms with Crippen molar-refractivity contribution in [2.24, 2.45) is 11.7 Å². The minimum Gasteiger partial charge on any atom is -0.327 e. The average Bonchev–Trinajstić information content (AvgIpc) is 2.20. The Labute approximate surface area is 95.4 Å². The van der Waals surface area contributed by atoms with E-state index in [-0.39, 0.29) is 0 Å². The van der Waals surface area contributed by atoms with Gasteiger partial charge in [0.2, 0.25) is 0 Å². The number of nitrogens with two attached hydrogens (primary N) is 1. The van der Waals surface area contributed by atoms with Crippen molar-refractivity contribution in [2.75, 3.05) is 6.54 Å². The summed E-state index contributed by atoms with van der Waals surface area (Å²) in [5.41, 5.74) is 8.42. The van der Waals surface area contributed by atoms with Gasteiger partial charge in [-0.1, -0.05) is 37.1 Å². The molecule has 0 aromatic rings. The van der Waals surface area contributed by atoms with Crippen LogP contribution in [0.1, 0.15) is 53.4 Å². The van der Waals surface area contributed by atoms with Gasteiger partial charge in [-0.15, -0.1) is 0 Å². The molecule has 0 aliphatic carbocycles.